The number of halogens is 1. The van der Waals surface area contributed by atoms with Crippen molar-refractivity contribution in [1.82, 2.24) is 4.98 Å². The zero-order chi connectivity index (χ0) is 11.7. The standard InChI is InChI=1S/C10H9FN2O3/c11-7-4-12-2-1-8(7)13-9(14)5-3-6(5)10(15)16/h1-2,4-6H,3H2,(H,15,16)(H,12,13,14)/t5-,6+/m1/s1. The molecule has 1 aromatic heterocycles. The van der Waals surface area contributed by atoms with Crippen molar-refractivity contribution >= 4 is 17.6 Å². The van der Waals surface area contributed by atoms with Crippen LogP contribution in [0.4, 0.5) is 10.1 Å². The molecule has 1 aromatic rings. The molecule has 2 atom stereocenters. The highest BCUT2D eigenvalue weighted by Gasteiger charge is 2.48. The summed E-state index contributed by atoms with van der Waals surface area (Å²) < 4.78 is 13.1. The molecular formula is C10H9FN2O3. The van der Waals surface area contributed by atoms with E-state index in [0.717, 1.165) is 6.20 Å². The highest BCUT2D eigenvalue weighted by atomic mass is 19.1. The van der Waals surface area contributed by atoms with Crippen LogP contribution in [0.1, 0.15) is 6.42 Å². The average Bonchev–Trinajstić information content (AvgIpc) is 3.01. The van der Waals surface area contributed by atoms with Crippen molar-refractivity contribution in [2.45, 2.75) is 6.42 Å². The van der Waals surface area contributed by atoms with Gasteiger partial charge in [0.15, 0.2) is 5.82 Å². The topological polar surface area (TPSA) is 79.3 Å². The highest BCUT2D eigenvalue weighted by Crippen LogP contribution is 2.39. The summed E-state index contributed by atoms with van der Waals surface area (Å²) in [6.45, 7) is 0. The molecule has 0 saturated heterocycles. The highest BCUT2D eigenvalue weighted by molar-refractivity contribution is 5.98. The normalized spacial score (nSPS) is 22.6. The number of carbonyl (C=O) groups excluding carboxylic acids is 1. The summed E-state index contributed by atoms with van der Waals surface area (Å²) >= 11 is 0. The van der Waals surface area contributed by atoms with E-state index in [0.29, 0.717) is 6.42 Å². The van der Waals surface area contributed by atoms with Gasteiger partial charge in [0.05, 0.1) is 23.7 Å². The van der Waals surface area contributed by atoms with Gasteiger partial charge in [-0.2, -0.15) is 0 Å². The lowest BCUT2D eigenvalue weighted by atomic mass is 10.3. The monoisotopic (exact) mass is 224 g/mol. The lowest BCUT2D eigenvalue weighted by Crippen LogP contribution is -2.17. The number of aliphatic carboxylic acids is 1. The van der Waals surface area contributed by atoms with Crippen molar-refractivity contribution in [2.75, 3.05) is 5.32 Å². The van der Waals surface area contributed by atoms with Gasteiger partial charge >= 0.3 is 5.97 Å². The quantitative estimate of drug-likeness (QED) is 0.798. The molecule has 0 aromatic carbocycles. The second-order valence-electron chi connectivity index (χ2n) is 3.63. The van der Waals surface area contributed by atoms with Gasteiger partial charge in [-0.05, 0) is 12.5 Å². The van der Waals surface area contributed by atoms with E-state index in [1.165, 1.54) is 12.3 Å². The Morgan fingerprint density at radius 1 is 1.50 bits per heavy atom. The summed E-state index contributed by atoms with van der Waals surface area (Å²) in [6.07, 6.45) is 2.64. The van der Waals surface area contributed by atoms with Crippen LogP contribution in [-0.2, 0) is 9.59 Å². The number of nitrogens with zero attached hydrogens (tertiary/aromatic N) is 1. The second-order valence-corrected chi connectivity index (χ2v) is 3.63. The zero-order valence-corrected chi connectivity index (χ0v) is 8.18. The number of amides is 1. The summed E-state index contributed by atoms with van der Waals surface area (Å²) in [5.41, 5.74) is 0.0241. The molecule has 2 N–H and O–H groups in total. The number of carbonyl (C=O) groups is 2. The van der Waals surface area contributed by atoms with Crippen LogP contribution in [0, 0.1) is 17.7 Å². The first-order chi connectivity index (χ1) is 7.59. The third-order valence-corrected chi connectivity index (χ3v) is 2.47. The minimum absolute atomic E-state index is 0.0241. The number of nitrogens with one attached hydrogen (secondary N) is 1. The van der Waals surface area contributed by atoms with Gasteiger partial charge in [-0.25, -0.2) is 4.39 Å². The number of pyridine rings is 1. The Labute approximate surface area is 90.3 Å². The van der Waals surface area contributed by atoms with E-state index in [1.54, 1.807) is 0 Å². The van der Waals surface area contributed by atoms with Gasteiger partial charge in [-0.3, -0.25) is 14.6 Å². The van der Waals surface area contributed by atoms with E-state index in [4.69, 9.17) is 5.11 Å². The molecule has 16 heavy (non-hydrogen) atoms. The van der Waals surface area contributed by atoms with Crippen molar-refractivity contribution in [3.05, 3.63) is 24.3 Å². The predicted octanol–water partition coefficient (Wildman–Crippen LogP) is 0.880. The first-order valence-electron chi connectivity index (χ1n) is 4.73. The molecule has 1 aliphatic rings. The molecule has 84 valence electrons. The Kier molecular flexibility index (Phi) is 2.55. The summed E-state index contributed by atoms with van der Waals surface area (Å²) in [6, 6.07) is 1.32. The molecule has 5 nitrogen and oxygen atoms in total. The summed E-state index contributed by atoms with van der Waals surface area (Å²) in [5.74, 6) is -3.27. The molecule has 2 rings (SSSR count). The number of hydrogen-bond donors (Lipinski definition) is 2. The molecule has 1 heterocycles. The van der Waals surface area contributed by atoms with Crippen molar-refractivity contribution in [3.63, 3.8) is 0 Å². The van der Waals surface area contributed by atoms with Crippen LogP contribution in [0.25, 0.3) is 0 Å². The number of aromatic nitrogens is 1. The fourth-order valence-electron chi connectivity index (χ4n) is 1.46. The van der Waals surface area contributed by atoms with Crippen molar-refractivity contribution < 1.29 is 19.1 Å². The van der Waals surface area contributed by atoms with E-state index >= 15 is 0 Å². The minimum atomic E-state index is -0.990. The van der Waals surface area contributed by atoms with Gasteiger partial charge in [-0.15, -0.1) is 0 Å². The molecule has 1 saturated carbocycles. The van der Waals surface area contributed by atoms with E-state index in [1.807, 2.05) is 0 Å². The first-order valence-corrected chi connectivity index (χ1v) is 4.73. The van der Waals surface area contributed by atoms with Crippen LogP contribution >= 0.6 is 0 Å². The van der Waals surface area contributed by atoms with E-state index in [-0.39, 0.29) is 5.69 Å². The summed E-state index contributed by atoms with van der Waals surface area (Å²) in [7, 11) is 0. The molecule has 0 unspecified atom stereocenters. The lowest BCUT2D eigenvalue weighted by Gasteiger charge is -2.04. The third-order valence-electron chi connectivity index (χ3n) is 2.47. The largest absolute Gasteiger partial charge is 0.481 e. The summed E-state index contributed by atoms with van der Waals surface area (Å²) in [4.78, 5) is 25.5. The Hall–Kier alpha value is -1.98. The average molecular weight is 224 g/mol. The molecule has 0 spiro atoms. The number of anilines is 1. The van der Waals surface area contributed by atoms with E-state index < -0.39 is 29.5 Å². The molecule has 1 amide bonds. The van der Waals surface area contributed by atoms with Gasteiger partial charge in [0.2, 0.25) is 5.91 Å². The Bertz CT molecular complexity index is 449. The minimum Gasteiger partial charge on any atom is -0.481 e. The fraction of sp³-hybridized carbons (Fsp3) is 0.300. The number of carboxylic acids is 1. The molecule has 0 bridgehead atoms. The van der Waals surface area contributed by atoms with Crippen molar-refractivity contribution in [1.29, 1.82) is 0 Å². The van der Waals surface area contributed by atoms with Gasteiger partial charge in [0, 0.05) is 6.20 Å². The first kappa shape index (κ1) is 10.5. The van der Waals surface area contributed by atoms with Crippen molar-refractivity contribution in [3.8, 4) is 0 Å². The molecule has 1 fully saturated rings. The number of hydrogen-bond acceptors (Lipinski definition) is 3. The SMILES string of the molecule is O=C(O)[C@H]1C[C@H]1C(=O)Nc1ccncc1F. The van der Waals surface area contributed by atoms with Gasteiger partial charge in [0.25, 0.3) is 0 Å². The van der Waals surface area contributed by atoms with Crippen LogP contribution < -0.4 is 5.32 Å². The maximum atomic E-state index is 13.1. The second kappa shape index (κ2) is 3.88. The maximum absolute atomic E-state index is 13.1. The van der Waals surface area contributed by atoms with Crippen LogP contribution in [0.5, 0.6) is 0 Å². The van der Waals surface area contributed by atoms with Crippen LogP contribution in [-0.4, -0.2) is 22.0 Å². The predicted molar refractivity (Wildman–Crippen MR) is 52.1 cm³/mol. The molecule has 6 heteroatoms. The fourth-order valence-corrected chi connectivity index (χ4v) is 1.46. The maximum Gasteiger partial charge on any atom is 0.307 e. The van der Waals surface area contributed by atoms with Crippen LogP contribution in [0.15, 0.2) is 18.5 Å². The third kappa shape index (κ3) is 2.00. The van der Waals surface area contributed by atoms with E-state index in [9.17, 15) is 14.0 Å². The Morgan fingerprint density at radius 2 is 2.25 bits per heavy atom. The number of carboxylic acid groups (broad SMARTS) is 1. The van der Waals surface area contributed by atoms with Gasteiger partial charge in [-0.1, -0.05) is 0 Å². The van der Waals surface area contributed by atoms with E-state index in [2.05, 4.69) is 10.3 Å². The molecule has 0 aliphatic heterocycles. The van der Waals surface area contributed by atoms with Crippen molar-refractivity contribution in [2.24, 2.45) is 11.8 Å². The van der Waals surface area contributed by atoms with Gasteiger partial charge in [0.1, 0.15) is 0 Å². The summed E-state index contributed by atoms with van der Waals surface area (Å²) in [5, 5.41) is 11.0. The molecular weight excluding hydrogens is 215 g/mol. The van der Waals surface area contributed by atoms with Gasteiger partial charge < -0.3 is 10.4 Å². The lowest BCUT2D eigenvalue weighted by molar-refractivity contribution is -0.139. The molecule has 1 aliphatic carbocycles. The van der Waals surface area contributed by atoms with Crippen LogP contribution in [0.2, 0.25) is 0 Å². The van der Waals surface area contributed by atoms with Crippen LogP contribution in [0.3, 0.4) is 0 Å². The zero-order valence-electron chi connectivity index (χ0n) is 8.18. The Morgan fingerprint density at radius 3 is 2.81 bits per heavy atom. The molecule has 0 radical (unpaired) electrons. The number of rotatable bonds is 3. The Balaban J connectivity index is 1.99. The smallest absolute Gasteiger partial charge is 0.307 e.